The van der Waals surface area contributed by atoms with E-state index in [0.29, 0.717) is 17.5 Å². The van der Waals surface area contributed by atoms with Gasteiger partial charge in [-0.05, 0) is 68.5 Å². The van der Waals surface area contributed by atoms with Crippen molar-refractivity contribution in [3.63, 3.8) is 0 Å². The quantitative estimate of drug-likeness (QED) is 0.505. The number of aliphatic hydroxyl groups excluding tert-OH is 1. The zero-order chi connectivity index (χ0) is 27.8. The lowest BCUT2D eigenvalue weighted by atomic mass is 9.44. The Morgan fingerprint density at radius 2 is 2.00 bits per heavy atom. The first-order valence-corrected chi connectivity index (χ1v) is 14.5. The van der Waals surface area contributed by atoms with Crippen molar-refractivity contribution in [3.05, 3.63) is 39.9 Å². The van der Waals surface area contributed by atoms with Crippen LogP contribution >= 0.6 is 23.1 Å². The van der Waals surface area contributed by atoms with Crippen molar-refractivity contribution >= 4 is 40.0 Å². The third-order valence-corrected chi connectivity index (χ3v) is 11.4. The number of thioether (sulfide) groups is 1. The minimum Gasteiger partial charge on any atom is -0.445 e. The minimum absolute atomic E-state index is 0.000119. The molecular formula is C27H30F3NO5S2. The average molecular weight is 570 g/mol. The molecular weight excluding hydrogens is 539 g/mol. The molecule has 1 N–H and O–H groups in total. The number of alkyl halides is 3. The first-order chi connectivity index (χ1) is 17.8. The summed E-state index contributed by atoms with van der Waals surface area (Å²) in [5.41, 5.74) is -5.23. The molecule has 38 heavy (non-hydrogen) atoms. The number of hydrogen-bond donors (Lipinski definition) is 1. The molecule has 1 heterocycles. The van der Waals surface area contributed by atoms with Crippen LogP contribution in [0.15, 0.2) is 29.3 Å². The maximum absolute atomic E-state index is 17.4. The number of rotatable bonds is 4. The third-order valence-electron chi connectivity index (χ3n) is 9.84. The Labute approximate surface area is 227 Å². The van der Waals surface area contributed by atoms with Crippen molar-refractivity contribution < 1.29 is 37.4 Å². The summed E-state index contributed by atoms with van der Waals surface area (Å²) in [5, 5.41) is 10.8. The molecule has 11 heteroatoms. The highest BCUT2D eigenvalue weighted by molar-refractivity contribution is 8.13. The summed E-state index contributed by atoms with van der Waals surface area (Å²) < 4.78 is 52.7. The smallest absolute Gasteiger partial charge is 0.351 e. The van der Waals surface area contributed by atoms with E-state index < -0.39 is 75.0 Å². The molecule has 1 unspecified atom stereocenters. The van der Waals surface area contributed by atoms with E-state index >= 15 is 8.78 Å². The van der Waals surface area contributed by atoms with Gasteiger partial charge in [0.25, 0.3) is 0 Å². The van der Waals surface area contributed by atoms with Gasteiger partial charge in [0.05, 0.1) is 17.3 Å². The standard InChI is InChI=1S/C27H30F3NO5S2/c1-13-7-16-17-9-19(29)18-8-15(32)5-6-24(18,3)26(17,30)20(33)10-25(16,4)27(13,23(35)37-11-28)36-22(34)21-14(2)31-12-38-21/h5-6,8,12-13,16-17,19-20,33H,7,9-11H2,1-4H3/t13?,16-,17-,19-,20-,24-,25-,26-,27-/m0/s1. The molecule has 6 nitrogen and oxygen atoms in total. The van der Waals surface area contributed by atoms with Crippen LogP contribution in [0, 0.1) is 35.5 Å². The van der Waals surface area contributed by atoms with Crippen molar-refractivity contribution in [2.45, 2.75) is 70.5 Å². The molecule has 0 radical (unpaired) electrons. The van der Waals surface area contributed by atoms with Crippen LogP contribution in [-0.2, 0) is 14.3 Å². The van der Waals surface area contributed by atoms with Gasteiger partial charge in [0.2, 0.25) is 5.12 Å². The van der Waals surface area contributed by atoms with Gasteiger partial charge < -0.3 is 9.84 Å². The topological polar surface area (TPSA) is 93.6 Å². The first-order valence-electron chi connectivity index (χ1n) is 12.6. The van der Waals surface area contributed by atoms with E-state index in [1.54, 1.807) is 20.8 Å². The Kier molecular flexibility index (Phi) is 6.55. The lowest BCUT2D eigenvalue weighted by molar-refractivity contribution is -0.221. The molecule has 0 amide bonds. The number of carbonyl (C=O) groups is 3. The average Bonchev–Trinajstić information content (AvgIpc) is 3.37. The third kappa shape index (κ3) is 3.36. The number of aryl methyl sites for hydroxylation is 1. The predicted molar refractivity (Wildman–Crippen MR) is 137 cm³/mol. The Hall–Kier alpha value is -1.98. The van der Waals surface area contributed by atoms with E-state index in [2.05, 4.69) is 4.98 Å². The number of hydrogen-bond acceptors (Lipinski definition) is 8. The van der Waals surface area contributed by atoms with Crippen molar-refractivity contribution in [2.24, 2.45) is 28.6 Å². The number of esters is 1. The molecule has 4 aliphatic rings. The van der Waals surface area contributed by atoms with E-state index in [4.69, 9.17) is 4.74 Å². The van der Waals surface area contributed by atoms with Gasteiger partial charge in [-0.25, -0.2) is 22.9 Å². The highest BCUT2D eigenvalue weighted by Gasteiger charge is 2.78. The predicted octanol–water partition coefficient (Wildman–Crippen LogP) is 5.10. The molecule has 0 bridgehead atoms. The van der Waals surface area contributed by atoms with Gasteiger partial charge in [-0.15, -0.1) is 11.3 Å². The summed E-state index contributed by atoms with van der Waals surface area (Å²) in [7, 11) is 0. The number of carbonyl (C=O) groups excluding carboxylic acids is 3. The fourth-order valence-electron chi connectivity index (χ4n) is 8.06. The molecule has 0 saturated heterocycles. The van der Waals surface area contributed by atoms with Crippen LogP contribution in [0.4, 0.5) is 13.2 Å². The molecule has 3 saturated carbocycles. The molecule has 3 fully saturated rings. The Bertz CT molecular complexity index is 1270. The first kappa shape index (κ1) is 27.6. The highest BCUT2D eigenvalue weighted by Crippen LogP contribution is 2.72. The van der Waals surface area contributed by atoms with Gasteiger partial charge in [-0.3, -0.25) is 9.59 Å². The van der Waals surface area contributed by atoms with Gasteiger partial charge in [0, 0.05) is 22.7 Å². The largest absolute Gasteiger partial charge is 0.445 e. The van der Waals surface area contributed by atoms with Gasteiger partial charge in [-0.1, -0.05) is 19.9 Å². The molecule has 5 rings (SSSR count). The summed E-state index contributed by atoms with van der Waals surface area (Å²) in [6, 6.07) is -1.05. The van der Waals surface area contributed by atoms with Crippen LogP contribution in [0.2, 0.25) is 0 Å². The van der Waals surface area contributed by atoms with Crippen LogP contribution < -0.4 is 0 Å². The maximum Gasteiger partial charge on any atom is 0.351 e. The van der Waals surface area contributed by atoms with Gasteiger partial charge in [0.1, 0.15) is 17.1 Å². The van der Waals surface area contributed by atoms with Crippen LogP contribution in [-0.4, -0.2) is 56.5 Å². The number of nitrogens with zero attached hydrogens (tertiary/aromatic N) is 1. The molecule has 9 atom stereocenters. The van der Waals surface area contributed by atoms with Crippen molar-refractivity contribution in [2.75, 3.05) is 6.01 Å². The number of thiazole rings is 1. The zero-order valence-corrected chi connectivity index (χ0v) is 23.1. The fraction of sp³-hybridized carbons (Fsp3) is 0.630. The van der Waals surface area contributed by atoms with Crippen LogP contribution in [0.5, 0.6) is 0 Å². The number of aliphatic hydroxyl groups is 1. The van der Waals surface area contributed by atoms with E-state index in [1.807, 2.05) is 0 Å². The molecule has 0 aliphatic heterocycles. The summed E-state index contributed by atoms with van der Waals surface area (Å²) in [5.74, 6) is -3.63. The summed E-state index contributed by atoms with van der Waals surface area (Å²) in [6.07, 6.45) is -0.0246. The molecule has 0 spiro atoms. The van der Waals surface area contributed by atoms with Gasteiger partial charge >= 0.3 is 5.97 Å². The molecule has 1 aromatic rings. The molecule has 1 aromatic heterocycles. The summed E-state index contributed by atoms with van der Waals surface area (Å²) >= 11 is 1.42. The lowest BCUT2D eigenvalue weighted by Crippen LogP contribution is -2.70. The summed E-state index contributed by atoms with van der Waals surface area (Å²) in [6.45, 7) is 6.48. The highest BCUT2D eigenvalue weighted by atomic mass is 32.2. The van der Waals surface area contributed by atoms with E-state index in [0.717, 1.165) is 17.4 Å². The number of ketones is 1. The van der Waals surface area contributed by atoms with E-state index in [9.17, 15) is 23.9 Å². The van der Waals surface area contributed by atoms with Gasteiger partial charge in [-0.2, -0.15) is 0 Å². The number of ether oxygens (including phenoxy) is 1. The van der Waals surface area contributed by atoms with Crippen LogP contribution in [0.1, 0.15) is 55.4 Å². The fourth-order valence-corrected chi connectivity index (χ4v) is 9.53. The van der Waals surface area contributed by atoms with Crippen molar-refractivity contribution in [1.29, 1.82) is 0 Å². The zero-order valence-electron chi connectivity index (χ0n) is 21.5. The van der Waals surface area contributed by atoms with Crippen molar-refractivity contribution in [3.8, 4) is 0 Å². The monoisotopic (exact) mass is 569 g/mol. The van der Waals surface area contributed by atoms with Gasteiger partial charge in [0.15, 0.2) is 17.1 Å². The normalized spacial score (nSPS) is 43.6. The second-order valence-electron chi connectivity index (χ2n) is 11.4. The number of allylic oxidation sites excluding steroid dienone is 4. The lowest BCUT2D eigenvalue weighted by Gasteiger charge is -2.63. The maximum atomic E-state index is 17.4. The number of fused-ring (bicyclic) bond motifs is 5. The second-order valence-corrected chi connectivity index (χ2v) is 13.2. The minimum atomic E-state index is -2.34. The van der Waals surface area contributed by atoms with Crippen LogP contribution in [0.3, 0.4) is 0 Å². The second kappa shape index (κ2) is 9.02. The molecule has 206 valence electrons. The van der Waals surface area contributed by atoms with Crippen LogP contribution in [0.25, 0.3) is 0 Å². The van der Waals surface area contributed by atoms with E-state index in [1.165, 1.54) is 24.6 Å². The van der Waals surface area contributed by atoms with E-state index in [-0.39, 0.29) is 29.7 Å². The molecule has 0 aromatic carbocycles. The molecule has 4 aliphatic carbocycles. The van der Waals surface area contributed by atoms with Crippen molar-refractivity contribution in [1.82, 2.24) is 4.98 Å². The number of aromatic nitrogens is 1. The SMILES string of the molecule is Cc1ncsc1C(=O)O[C@]1(C(=O)SCF)C(C)C[C@H]2[C@@H]3C[C@H](F)C4=CC(=O)C=C[C@]4(C)[C@@]3(F)[C@@H](O)C[C@@]21C. The Balaban J connectivity index is 1.64. The Morgan fingerprint density at radius 3 is 2.63 bits per heavy atom. The number of halogens is 3. The Morgan fingerprint density at radius 1 is 1.29 bits per heavy atom. The summed E-state index contributed by atoms with van der Waals surface area (Å²) in [4.78, 5) is 43.3.